The molecular formula is C41H76N8O11S. The van der Waals surface area contributed by atoms with Crippen molar-refractivity contribution in [2.75, 3.05) is 150 Å². The summed E-state index contributed by atoms with van der Waals surface area (Å²) in [6, 6.07) is 0.567. The predicted octanol–water partition coefficient (Wildman–Crippen LogP) is 0.925. The van der Waals surface area contributed by atoms with E-state index in [1.165, 1.54) is 0 Å². The van der Waals surface area contributed by atoms with Gasteiger partial charge in [-0.2, -0.15) is 8.42 Å². The molecule has 2 amide bonds. The van der Waals surface area contributed by atoms with Crippen molar-refractivity contribution in [2.24, 2.45) is 0 Å². The zero-order valence-electron chi connectivity index (χ0n) is 38.0. The molecule has 3 unspecified atom stereocenters. The van der Waals surface area contributed by atoms with Crippen LogP contribution >= 0.6 is 0 Å². The fraction of sp³-hybridized carbons (Fsp3) is 0.902. The fourth-order valence-corrected chi connectivity index (χ4v) is 8.80. The number of carbonyl (C=O) groups excluding carboxylic acids is 4. The molecule has 0 aromatic rings. The molecule has 5 fully saturated rings. The molecule has 0 aromatic heterocycles. The van der Waals surface area contributed by atoms with Crippen LogP contribution in [0.5, 0.6) is 0 Å². The molecule has 61 heavy (non-hydrogen) atoms. The lowest BCUT2D eigenvalue weighted by Gasteiger charge is -2.38. The molecule has 0 N–H and O–H groups in total. The molecule has 20 heteroatoms. The standard InChI is InChI=1S/C26H47N5O6.C15H29N3O5S/c1-5-35-24(32)18-23(25(33)36-6-2)30-16-12-28(13-17-30)19-22-20-31(26(34)37-22)9-7-8-27-10-14-29(15-11-27)21(3)4;1-13(2)17-9-7-16(8-10-17)5-4-6-18-11-14(23-15(18)19)12-22-24(3,20)21/h21-23H,5-20H2,1-4H3;13-14H,4-12H2,1-3H3. The number of carbonyl (C=O) groups is 4. The van der Waals surface area contributed by atoms with Crippen LogP contribution in [0.2, 0.25) is 0 Å². The Kier molecular flexibility index (Phi) is 21.2. The molecule has 3 atom stereocenters. The Hall–Kier alpha value is -2.85. The second kappa shape index (κ2) is 25.4. The van der Waals surface area contributed by atoms with E-state index < -0.39 is 28.2 Å². The van der Waals surface area contributed by atoms with Crippen molar-refractivity contribution in [1.82, 2.24) is 39.2 Å². The van der Waals surface area contributed by atoms with Gasteiger partial charge in [0, 0.05) is 110 Å². The number of amides is 2. The van der Waals surface area contributed by atoms with E-state index in [9.17, 15) is 27.6 Å². The summed E-state index contributed by atoms with van der Waals surface area (Å²) in [4.78, 5) is 66.4. The highest BCUT2D eigenvalue weighted by molar-refractivity contribution is 7.85. The van der Waals surface area contributed by atoms with Gasteiger partial charge in [0.1, 0.15) is 24.9 Å². The molecule has 5 heterocycles. The first-order valence-corrected chi connectivity index (χ1v) is 24.3. The third-order valence-electron chi connectivity index (χ3n) is 12.0. The third-order valence-corrected chi connectivity index (χ3v) is 12.5. The van der Waals surface area contributed by atoms with Crippen molar-refractivity contribution in [3.05, 3.63) is 0 Å². The highest BCUT2D eigenvalue weighted by Gasteiger charge is 2.36. The Labute approximate surface area is 364 Å². The Bertz CT molecular complexity index is 1470. The van der Waals surface area contributed by atoms with Crippen molar-refractivity contribution in [3.8, 4) is 0 Å². The van der Waals surface area contributed by atoms with Gasteiger partial charge in [-0.15, -0.1) is 0 Å². The first kappa shape index (κ1) is 50.8. The molecule has 352 valence electrons. The summed E-state index contributed by atoms with van der Waals surface area (Å²) in [6.45, 7) is 29.3. The van der Waals surface area contributed by atoms with E-state index in [4.69, 9.17) is 23.1 Å². The van der Waals surface area contributed by atoms with Crippen LogP contribution in [0, 0.1) is 0 Å². The summed E-state index contributed by atoms with van der Waals surface area (Å²) >= 11 is 0. The molecule has 5 rings (SSSR count). The molecule has 5 aliphatic heterocycles. The number of piperazine rings is 3. The molecule has 19 nitrogen and oxygen atoms in total. The molecule has 5 aliphatic rings. The molecule has 0 spiro atoms. The van der Waals surface area contributed by atoms with Crippen LogP contribution in [-0.4, -0.2) is 253 Å². The topological polar surface area (TPSA) is 174 Å². The Balaban J connectivity index is 0.000000294. The largest absolute Gasteiger partial charge is 0.466 e. The Morgan fingerprint density at radius 2 is 1.08 bits per heavy atom. The van der Waals surface area contributed by atoms with Crippen molar-refractivity contribution >= 4 is 34.2 Å². The normalized spacial score (nSPS) is 23.6. The van der Waals surface area contributed by atoms with E-state index in [2.05, 4.69) is 52.2 Å². The number of esters is 2. The fourth-order valence-electron chi connectivity index (χ4n) is 8.40. The van der Waals surface area contributed by atoms with Crippen molar-refractivity contribution in [2.45, 2.75) is 91.1 Å². The molecule has 0 saturated carbocycles. The minimum absolute atomic E-state index is 0.00468. The zero-order chi connectivity index (χ0) is 44.5. The molecule has 0 aliphatic carbocycles. The van der Waals surface area contributed by atoms with Gasteiger partial charge in [-0.1, -0.05) is 0 Å². The van der Waals surface area contributed by atoms with Gasteiger partial charge in [0.15, 0.2) is 0 Å². The van der Waals surface area contributed by atoms with Gasteiger partial charge in [0.05, 0.1) is 39.0 Å². The van der Waals surface area contributed by atoms with Crippen molar-refractivity contribution in [3.63, 3.8) is 0 Å². The highest BCUT2D eigenvalue weighted by atomic mass is 32.2. The van der Waals surface area contributed by atoms with Crippen LogP contribution < -0.4 is 0 Å². The van der Waals surface area contributed by atoms with E-state index in [0.717, 1.165) is 104 Å². The molecule has 5 saturated heterocycles. The summed E-state index contributed by atoms with van der Waals surface area (Å²) in [5.74, 6) is -0.773. The van der Waals surface area contributed by atoms with Gasteiger partial charge in [0.2, 0.25) is 0 Å². The van der Waals surface area contributed by atoms with Crippen LogP contribution in [0.4, 0.5) is 9.59 Å². The second-order valence-corrected chi connectivity index (χ2v) is 18.8. The first-order chi connectivity index (χ1) is 29.0. The van der Waals surface area contributed by atoms with E-state index in [-0.39, 0.29) is 50.5 Å². The van der Waals surface area contributed by atoms with Crippen LogP contribution in [0.1, 0.15) is 60.8 Å². The maximum absolute atomic E-state index is 12.5. The minimum atomic E-state index is -3.51. The number of hydrogen-bond acceptors (Lipinski definition) is 17. The number of nitrogens with zero attached hydrogens (tertiary/aromatic N) is 8. The first-order valence-electron chi connectivity index (χ1n) is 22.5. The highest BCUT2D eigenvalue weighted by Crippen LogP contribution is 2.18. The summed E-state index contributed by atoms with van der Waals surface area (Å²) in [7, 11) is -3.51. The number of ether oxygens (including phenoxy) is 4. The summed E-state index contributed by atoms with van der Waals surface area (Å²) in [5.41, 5.74) is 0. The van der Waals surface area contributed by atoms with Crippen LogP contribution in [0.15, 0.2) is 0 Å². The van der Waals surface area contributed by atoms with Gasteiger partial charge >= 0.3 is 24.1 Å². The monoisotopic (exact) mass is 889 g/mol. The lowest BCUT2D eigenvalue weighted by Crippen LogP contribution is -2.54. The maximum Gasteiger partial charge on any atom is 0.410 e. The van der Waals surface area contributed by atoms with Crippen molar-refractivity contribution < 1.29 is 50.7 Å². The van der Waals surface area contributed by atoms with E-state index >= 15 is 0 Å². The van der Waals surface area contributed by atoms with Gasteiger partial charge < -0.3 is 38.5 Å². The number of cyclic esters (lactones) is 2. The summed E-state index contributed by atoms with van der Waals surface area (Å²) in [5, 5.41) is 0. The minimum Gasteiger partial charge on any atom is -0.466 e. The predicted molar refractivity (Wildman–Crippen MR) is 230 cm³/mol. The second-order valence-electron chi connectivity index (χ2n) is 17.2. The molecular weight excluding hydrogens is 813 g/mol. The molecule has 0 aromatic carbocycles. The Morgan fingerprint density at radius 1 is 0.639 bits per heavy atom. The third kappa shape index (κ3) is 17.7. The molecule has 0 radical (unpaired) electrons. The van der Waals surface area contributed by atoms with Crippen molar-refractivity contribution in [1.29, 1.82) is 0 Å². The maximum atomic E-state index is 12.5. The lowest BCUT2D eigenvalue weighted by atomic mass is 10.1. The quantitative estimate of drug-likeness (QED) is 0.0904. The number of hydrogen-bond donors (Lipinski definition) is 0. The van der Waals surface area contributed by atoms with Gasteiger partial charge in [-0.3, -0.25) is 33.4 Å². The van der Waals surface area contributed by atoms with Gasteiger partial charge in [0.25, 0.3) is 10.1 Å². The zero-order valence-corrected chi connectivity index (χ0v) is 38.9. The average molecular weight is 889 g/mol. The van der Waals surface area contributed by atoms with E-state index in [1.807, 2.05) is 9.80 Å². The van der Waals surface area contributed by atoms with Crippen LogP contribution in [0.3, 0.4) is 0 Å². The van der Waals surface area contributed by atoms with E-state index in [0.29, 0.717) is 51.4 Å². The number of rotatable bonds is 21. The summed E-state index contributed by atoms with van der Waals surface area (Å²) < 4.78 is 47.7. The van der Waals surface area contributed by atoms with E-state index in [1.54, 1.807) is 18.7 Å². The smallest absolute Gasteiger partial charge is 0.410 e. The van der Waals surface area contributed by atoms with Crippen LogP contribution in [0.25, 0.3) is 0 Å². The van der Waals surface area contributed by atoms with Crippen LogP contribution in [-0.2, 0) is 42.8 Å². The van der Waals surface area contributed by atoms with Gasteiger partial charge in [-0.25, -0.2) is 9.59 Å². The molecule has 0 bridgehead atoms. The Morgan fingerprint density at radius 3 is 1.54 bits per heavy atom. The average Bonchev–Trinajstić information content (AvgIpc) is 3.76. The SMILES string of the molecule is CC(C)N1CCN(CCCN2CC(COS(C)(=O)=O)OC2=O)CC1.CCOC(=O)CC(C(=O)OCC)N1CCN(CC2CN(CCCN3CCN(C(C)C)CC3)C(=O)O2)CC1. The summed E-state index contributed by atoms with van der Waals surface area (Å²) in [6.07, 6.45) is 1.56. The van der Waals surface area contributed by atoms with Gasteiger partial charge in [-0.05, 0) is 67.5 Å². The lowest BCUT2D eigenvalue weighted by molar-refractivity contribution is -0.157.